The van der Waals surface area contributed by atoms with Crippen molar-refractivity contribution in [2.45, 2.75) is 31.8 Å². The molecule has 22 heavy (non-hydrogen) atoms. The molecule has 2 rings (SSSR count). The first-order valence-corrected chi connectivity index (χ1v) is 8.59. The molecule has 0 amide bonds. The fourth-order valence-electron chi connectivity index (χ4n) is 2.04. The topological polar surface area (TPSA) is 59.5 Å². The number of rotatable bonds is 6. The van der Waals surface area contributed by atoms with Crippen molar-refractivity contribution >= 4 is 15.7 Å². The average molecular weight is 320 g/mol. The summed E-state index contributed by atoms with van der Waals surface area (Å²) in [7, 11) is -3.63. The Morgan fingerprint density at radius 1 is 1.14 bits per heavy atom. The van der Waals surface area contributed by atoms with E-state index >= 15 is 0 Å². The van der Waals surface area contributed by atoms with Crippen LogP contribution in [0.2, 0.25) is 0 Å². The van der Waals surface area contributed by atoms with Gasteiger partial charge in [-0.3, -0.25) is 4.31 Å². The number of hydrogen-bond acceptors (Lipinski definition) is 4. The van der Waals surface area contributed by atoms with Crippen LogP contribution in [0.4, 0.5) is 5.69 Å². The molecule has 5 nitrogen and oxygen atoms in total. The van der Waals surface area contributed by atoms with Crippen molar-refractivity contribution in [2.24, 2.45) is 0 Å². The molecular formula is C16H20N2O3S. The zero-order chi connectivity index (χ0) is 16.2. The van der Waals surface area contributed by atoms with Crippen LogP contribution in [0.3, 0.4) is 0 Å². The Hall–Kier alpha value is -2.08. The van der Waals surface area contributed by atoms with Gasteiger partial charge in [-0.05, 0) is 39.0 Å². The first kappa shape index (κ1) is 16.3. The Balaban J connectivity index is 2.32. The number of hydrogen-bond donors (Lipinski definition) is 0. The number of benzene rings is 1. The third-order valence-corrected chi connectivity index (χ3v) is 4.87. The van der Waals surface area contributed by atoms with Gasteiger partial charge >= 0.3 is 0 Å². The molecule has 1 heterocycles. The molecule has 0 N–H and O–H groups in total. The molecule has 1 aromatic carbocycles. The molecule has 6 heteroatoms. The Morgan fingerprint density at radius 3 is 2.32 bits per heavy atom. The van der Waals surface area contributed by atoms with E-state index in [0.29, 0.717) is 18.1 Å². The van der Waals surface area contributed by atoms with Gasteiger partial charge in [-0.25, -0.2) is 13.4 Å². The highest BCUT2D eigenvalue weighted by Gasteiger charge is 2.23. The zero-order valence-corrected chi connectivity index (χ0v) is 13.7. The second-order valence-electron chi connectivity index (χ2n) is 5.00. The van der Waals surface area contributed by atoms with E-state index in [4.69, 9.17) is 4.74 Å². The van der Waals surface area contributed by atoms with Crippen LogP contribution in [-0.2, 0) is 10.0 Å². The molecule has 0 atom stereocenters. The summed E-state index contributed by atoms with van der Waals surface area (Å²) in [6, 6.07) is 12.1. The van der Waals surface area contributed by atoms with Crippen LogP contribution in [-0.4, -0.2) is 26.1 Å². The van der Waals surface area contributed by atoms with E-state index < -0.39 is 10.0 Å². The van der Waals surface area contributed by atoms with Crippen LogP contribution in [0.15, 0.2) is 53.6 Å². The summed E-state index contributed by atoms with van der Waals surface area (Å²) in [6.07, 6.45) is 1.32. The second kappa shape index (κ2) is 6.79. The molecule has 0 aliphatic rings. The molecule has 118 valence electrons. The first-order valence-electron chi connectivity index (χ1n) is 7.15. The predicted octanol–water partition coefficient (Wildman–Crippen LogP) is 3.08. The Bertz CT molecular complexity index is 698. The third kappa shape index (κ3) is 3.57. The number of aromatic nitrogens is 1. The number of ether oxygens (including phenoxy) is 1. The first-order chi connectivity index (χ1) is 10.4. The maximum absolute atomic E-state index is 12.7. The molecule has 0 saturated heterocycles. The summed E-state index contributed by atoms with van der Waals surface area (Å²) in [5, 5.41) is 0. The molecule has 0 fully saturated rings. The molecule has 2 aromatic rings. The quantitative estimate of drug-likeness (QED) is 0.820. The fraction of sp³-hybridized carbons (Fsp3) is 0.312. The van der Waals surface area contributed by atoms with E-state index in [1.165, 1.54) is 16.6 Å². The zero-order valence-electron chi connectivity index (χ0n) is 12.9. The van der Waals surface area contributed by atoms with E-state index in [1.54, 1.807) is 25.1 Å². The second-order valence-corrected chi connectivity index (χ2v) is 6.87. The Morgan fingerprint density at radius 2 is 1.82 bits per heavy atom. The fourth-order valence-corrected chi connectivity index (χ4v) is 3.46. The SMILES string of the molecule is CCN(c1ccccc1)S(=O)(=O)c1ccc(OC(C)C)nc1. The largest absolute Gasteiger partial charge is 0.475 e. The Labute approximate surface area is 131 Å². The molecule has 1 aromatic heterocycles. The van der Waals surface area contributed by atoms with Crippen LogP contribution in [0.5, 0.6) is 5.88 Å². The lowest BCUT2D eigenvalue weighted by molar-refractivity contribution is 0.232. The van der Waals surface area contributed by atoms with Gasteiger partial charge in [-0.2, -0.15) is 0 Å². The summed E-state index contributed by atoms with van der Waals surface area (Å²) in [6.45, 7) is 5.92. The number of para-hydroxylation sites is 1. The van der Waals surface area contributed by atoms with Crippen molar-refractivity contribution < 1.29 is 13.2 Å². The van der Waals surface area contributed by atoms with E-state index in [9.17, 15) is 8.42 Å². The highest BCUT2D eigenvalue weighted by atomic mass is 32.2. The van der Waals surface area contributed by atoms with E-state index in [1.807, 2.05) is 32.0 Å². The van der Waals surface area contributed by atoms with Gasteiger partial charge in [0.2, 0.25) is 5.88 Å². The van der Waals surface area contributed by atoms with E-state index in [-0.39, 0.29) is 11.0 Å². The van der Waals surface area contributed by atoms with Gasteiger partial charge in [0.05, 0.1) is 18.0 Å². The number of anilines is 1. The Kier molecular flexibility index (Phi) is 5.03. The summed E-state index contributed by atoms with van der Waals surface area (Å²) >= 11 is 0. The van der Waals surface area contributed by atoms with Crippen LogP contribution in [0, 0.1) is 0 Å². The summed E-state index contributed by atoms with van der Waals surface area (Å²) < 4.78 is 32.3. The molecule has 0 spiro atoms. The maximum atomic E-state index is 12.7. The predicted molar refractivity (Wildman–Crippen MR) is 86.6 cm³/mol. The summed E-state index contributed by atoms with van der Waals surface area (Å²) in [4.78, 5) is 4.21. The summed E-state index contributed by atoms with van der Waals surface area (Å²) in [5.41, 5.74) is 0.632. The van der Waals surface area contributed by atoms with Gasteiger partial charge in [-0.15, -0.1) is 0 Å². The number of sulfonamides is 1. The molecule has 0 radical (unpaired) electrons. The van der Waals surface area contributed by atoms with Crippen molar-refractivity contribution in [3.63, 3.8) is 0 Å². The normalized spacial score (nSPS) is 11.5. The number of nitrogens with zero attached hydrogens (tertiary/aromatic N) is 2. The van der Waals surface area contributed by atoms with Gasteiger partial charge in [0, 0.05) is 12.6 Å². The smallest absolute Gasteiger partial charge is 0.265 e. The van der Waals surface area contributed by atoms with Crippen LogP contribution < -0.4 is 9.04 Å². The van der Waals surface area contributed by atoms with Gasteiger partial charge in [-0.1, -0.05) is 18.2 Å². The molecule has 0 aliphatic heterocycles. The van der Waals surface area contributed by atoms with Gasteiger partial charge < -0.3 is 4.74 Å². The third-order valence-electron chi connectivity index (χ3n) is 2.99. The summed E-state index contributed by atoms with van der Waals surface area (Å²) in [5.74, 6) is 0.414. The minimum absolute atomic E-state index is 0.00795. The van der Waals surface area contributed by atoms with E-state index in [2.05, 4.69) is 4.98 Å². The lowest BCUT2D eigenvalue weighted by atomic mass is 10.3. The molecule has 0 aliphatic carbocycles. The highest BCUT2D eigenvalue weighted by Crippen LogP contribution is 2.23. The monoisotopic (exact) mass is 320 g/mol. The van der Waals surface area contributed by atoms with Crippen molar-refractivity contribution in [1.82, 2.24) is 4.98 Å². The molecule has 0 bridgehead atoms. The average Bonchev–Trinajstić information content (AvgIpc) is 2.49. The van der Waals surface area contributed by atoms with Crippen molar-refractivity contribution in [1.29, 1.82) is 0 Å². The lowest BCUT2D eigenvalue weighted by Crippen LogP contribution is -2.30. The van der Waals surface area contributed by atoms with Crippen molar-refractivity contribution in [2.75, 3.05) is 10.8 Å². The minimum Gasteiger partial charge on any atom is -0.475 e. The van der Waals surface area contributed by atoms with Gasteiger partial charge in [0.25, 0.3) is 10.0 Å². The van der Waals surface area contributed by atoms with Crippen LogP contribution in [0.25, 0.3) is 0 Å². The molecular weight excluding hydrogens is 300 g/mol. The number of pyridine rings is 1. The van der Waals surface area contributed by atoms with Crippen molar-refractivity contribution in [3.8, 4) is 5.88 Å². The van der Waals surface area contributed by atoms with Crippen LogP contribution in [0.1, 0.15) is 20.8 Å². The standard InChI is InChI=1S/C16H20N2O3S/c1-4-18(14-8-6-5-7-9-14)22(19,20)15-10-11-16(17-12-15)21-13(2)3/h5-13H,4H2,1-3H3. The van der Waals surface area contributed by atoms with E-state index in [0.717, 1.165) is 0 Å². The lowest BCUT2D eigenvalue weighted by Gasteiger charge is -2.22. The van der Waals surface area contributed by atoms with Crippen LogP contribution >= 0.6 is 0 Å². The van der Waals surface area contributed by atoms with Gasteiger partial charge in [0.1, 0.15) is 4.90 Å². The minimum atomic E-state index is -3.63. The molecule has 0 saturated carbocycles. The highest BCUT2D eigenvalue weighted by molar-refractivity contribution is 7.92. The maximum Gasteiger partial charge on any atom is 0.265 e. The van der Waals surface area contributed by atoms with Gasteiger partial charge in [0.15, 0.2) is 0 Å². The molecule has 0 unspecified atom stereocenters. The van der Waals surface area contributed by atoms with Crippen molar-refractivity contribution in [3.05, 3.63) is 48.7 Å².